The Hall–Kier alpha value is -1.40. The summed E-state index contributed by atoms with van der Waals surface area (Å²) in [6, 6.07) is 6.33. The fraction of sp³-hybridized carbons (Fsp3) is 0.333. The molecule has 0 aliphatic carbocycles. The molecule has 0 spiro atoms. The lowest BCUT2D eigenvalue weighted by molar-refractivity contribution is 0.625. The Balaban J connectivity index is 2.24. The largest absolute Gasteiger partial charge is 0.327 e. The predicted octanol–water partition coefficient (Wildman–Crippen LogP) is 2.13. The minimum Gasteiger partial charge on any atom is -0.327 e. The van der Waals surface area contributed by atoms with Gasteiger partial charge in [-0.2, -0.15) is 0 Å². The molecular weight excluding hydrogens is 251 g/mol. The molecule has 2 unspecified atom stereocenters. The highest BCUT2D eigenvalue weighted by atomic mass is 32.2. The third kappa shape index (κ3) is 2.88. The molecule has 0 radical (unpaired) electrons. The van der Waals surface area contributed by atoms with Crippen molar-refractivity contribution < 1.29 is 4.39 Å². The van der Waals surface area contributed by atoms with Crippen LogP contribution in [0.25, 0.3) is 0 Å². The molecule has 0 aliphatic rings. The van der Waals surface area contributed by atoms with Crippen LogP contribution in [-0.2, 0) is 7.05 Å². The van der Waals surface area contributed by atoms with Crippen LogP contribution in [0.1, 0.15) is 17.7 Å². The van der Waals surface area contributed by atoms with Crippen LogP contribution in [0.3, 0.4) is 0 Å². The second-order valence-electron chi connectivity index (χ2n) is 4.17. The highest BCUT2D eigenvalue weighted by Gasteiger charge is 2.20. The summed E-state index contributed by atoms with van der Waals surface area (Å²) in [4.78, 5) is 0. The van der Waals surface area contributed by atoms with Crippen molar-refractivity contribution in [1.29, 1.82) is 0 Å². The third-order valence-corrected chi connectivity index (χ3v) is 4.11. The van der Waals surface area contributed by atoms with Gasteiger partial charge < -0.3 is 10.3 Å². The van der Waals surface area contributed by atoms with Crippen molar-refractivity contribution in [2.75, 3.05) is 0 Å². The van der Waals surface area contributed by atoms with Gasteiger partial charge in [-0.3, -0.25) is 0 Å². The van der Waals surface area contributed by atoms with Crippen LogP contribution in [0.5, 0.6) is 0 Å². The Morgan fingerprint density at radius 1 is 1.33 bits per heavy atom. The molecule has 2 rings (SSSR count). The number of rotatable bonds is 4. The molecule has 0 bridgehead atoms. The quantitative estimate of drug-likeness (QED) is 0.861. The van der Waals surface area contributed by atoms with Crippen molar-refractivity contribution in [3.05, 3.63) is 42.0 Å². The van der Waals surface area contributed by atoms with E-state index in [1.807, 2.05) is 18.5 Å². The monoisotopic (exact) mass is 266 g/mol. The first-order valence-electron chi connectivity index (χ1n) is 5.59. The Labute approximate surface area is 109 Å². The number of hydrogen-bond acceptors (Lipinski definition) is 4. The van der Waals surface area contributed by atoms with Crippen LogP contribution < -0.4 is 5.73 Å². The number of halogens is 1. The number of benzene rings is 1. The number of thioether (sulfide) groups is 1. The lowest BCUT2D eigenvalue weighted by Gasteiger charge is -2.20. The van der Waals surface area contributed by atoms with Gasteiger partial charge >= 0.3 is 0 Å². The van der Waals surface area contributed by atoms with Crippen molar-refractivity contribution in [3.63, 3.8) is 0 Å². The molecule has 1 heterocycles. The molecule has 18 heavy (non-hydrogen) atoms. The molecule has 1 aromatic carbocycles. The van der Waals surface area contributed by atoms with E-state index in [1.165, 1.54) is 23.9 Å². The van der Waals surface area contributed by atoms with Crippen LogP contribution >= 0.6 is 11.8 Å². The number of nitrogens with two attached hydrogens (primary N) is 1. The molecule has 0 saturated carbocycles. The van der Waals surface area contributed by atoms with Gasteiger partial charge in [-0.25, -0.2) is 4.39 Å². The van der Waals surface area contributed by atoms with Crippen molar-refractivity contribution in [2.45, 2.75) is 23.4 Å². The number of aromatic nitrogens is 3. The van der Waals surface area contributed by atoms with Gasteiger partial charge in [-0.15, -0.1) is 10.2 Å². The summed E-state index contributed by atoms with van der Waals surface area (Å²) in [5.41, 5.74) is 6.99. The Morgan fingerprint density at radius 2 is 2.00 bits per heavy atom. The predicted molar refractivity (Wildman–Crippen MR) is 69.7 cm³/mol. The van der Waals surface area contributed by atoms with E-state index in [0.29, 0.717) is 0 Å². The molecule has 0 saturated heterocycles. The minimum absolute atomic E-state index is 0.0218. The Morgan fingerprint density at radius 3 is 2.50 bits per heavy atom. The van der Waals surface area contributed by atoms with E-state index in [4.69, 9.17) is 5.73 Å². The van der Waals surface area contributed by atoms with E-state index in [9.17, 15) is 4.39 Å². The maximum atomic E-state index is 12.9. The lowest BCUT2D eigenvalue weighted by Crippen LogP contribution is -2.23. The van der Waals surface area contributed by atoms with Crippen LogP contribution in [0.15, 0.2) is 35.7 Å². The van der Waals surface area contributed by atoms with Gasteiger partial charge in [0.15, 0.2) is 5.16 Å². The van der Waals surface area contributed by atoms with Gasteiger partial charge in [-0.1, -0.05) is 23.9 Å². The number of nitrogens with zero attached hydrogens (tertiary/aromatic N) is 3. The van der Waals surface area contributed by atoms with Gasteiger partial charge in [0.2, 0.25) is 0 Å². The smallest absolute Gasteiger partial charge is 0.191 e. The minimum atomic E-state index is -0.245. The summed E-state index contributed by atoms with van der Waals surface area (Å²) in [7, 11) is 1.88. The van der Waals surface area contributed by atoms with E-state index >= 15 is 0 Å². The van der Waals surface area contributed by atoms with Crippen molar-refractivity contribution in [2.24, 2.45) is 12.8 Å². The molecule has 0 fully saturated rings. The second-order valence-corrected chi connectivity index (χ2v) is 5.28. The van der Waals surface area contributed by atoms with E-state index < -0.39 is 0 Å². The summed E-state index contributed by atoms with van der Waals surface area (Å²) >= 11 is 1.53. The Kier molecular flexibility index (Phi) is 3.98. The summed E-state index contributed by atoms with van der Waals surface area (Å²) in [5, 5.41) is 8.68. The molecule has 2 atom stereocenters. The first kappa shape index (κ1) is 13.0. The summed E-state index contributed by atoms with van der Waals surface area (Å²) in [6.07, 6.45) is 1.64. The zero-order valence-corrected chi connectivity index (χ0v) is 11.1. The lowest BCUT2D eigenvalue weighted by atomic mass is 10.1. The Bertz CT molecular complexity index is 509. The van der Waals surface area contributed by atoms with Gasteiger partial charge in [0, 0.05) is 13.1 Å². The van der Waals surface area contributed by atoms with Gasteiger partial charge in [0.1, 0.15) is 12.1 Å². The van der Waals surface area contributed by atoms with Crippen molar-refractivity contribution in [1.82, 2.24) is 14.8 Å². The average molecular weight is 266 g/mol. The van der Waals surface area contributed by atoms with E-state index in [0.717, 1.165) is 10.7 Å². The zero-order chi connectivity index (χ0) is 13.1. The van der Waals surface area contributed by atoms with Crippen molar-refractivity contribution in [3.8, 4) is 0 Å². The molecular formula is C12H15FN4S. The fourth-order valence-electron chi connectivity index (χ4n) is 1.62. The second kappa shape index (κ2) is 5.49. The summed E-state index contributed by atoms with van der Waals surface area (Å²) < 4.78 is 14.8. The van der Waals surface area contributed by atoms with Gasteiger partial charge in [0.05, 0.1) is 5.25 Å². The molecule has 2 N–H and O–H groups in total. The number of aryl methyl sites for hydroxylation is 1. The van der Waals surface area contributed by atoms with E-state index in [1.54, 1.807) is 18.5 Å². The maximum absolute atomic E-state index is 12.9. The molecule has 1 aromatic heterocycles. The van der Waals surface area contributed by atoms with Crippen LogP contribution in [-0.4, -0.2) is 20.8 Å². The van der Waals surface area contributed by atoms with Crippen molar-refractivity contribution >= 4 is 11.8 Å². The number of hydrogen-bond donors (Lipinski definition) is 1. The van der Waals surface area contributed by atoms with Crippen LogP contribution in [0, 0.1) is 5.82 Å². The summed E-state index contributed by atoms with van der Waals surface area (Å²) in [6.45, 7) is 1.93. The van der Waals surface area contributed by atoms with E-state index in [-0.39, 0.29) is 17.1 Å². The highest BCUT2D eigenvalue weighted by Crippen LogP contribution is 2.35. The van der Waals surface area contributed by atoms with Crippen LogP contribution in [0.4, 0.5) is 4.39 Å². The SMILES string of the molecule is CC(N)C(Sc1nncn1C)c1ccc(F)cc1. The molecule has 96 valence electrons. The first-order chi connectivity index (χ1) is 8.58. The average Bonchev–Trinajstić information content (AvgIpc) is 2.73. The molecule has 0 aliphatic heterocycles. The molecule has 4 nitrogen and oxygen atoms in total. The summed E-state index contributed by atoms with van der Waals surface area (Å²) in [5.74, 6) is -0.245. The normalized spacial score (nSPS) is 14.4. The molecule has 6 heteroatoms. The van der Waals surface area contributed by atoms with Gasteiger partial charge in [-0.05, 0) is 24.6 Å². The van der Waals surface area contributed by atoms with Crippen LogP contribution in [0.2, 0.25) is 0 Å². The molecule has 0 amide bonds. The maximum Gasteiger partial charge on any atom is 0.191 e. The van der Waals surface area contributed by atoms with Gasteiger partial charge in [0.25, 0.3) is 0 Å². The zero-order valence-electron chi connectivity index (χ0n) is 10.2. The fourth-order valence-corrected chi connectivity index (χ4v) is 2.67. The topological polar surface area (TPSA) is 56.7 Å². The van der Waals surface area contributed by atoms with E-state index in [2.05, 4.69) is 10.2 Å². The molecule has 2 aromatic rings. The highest BCUT2D eigenvalue weighted by molar-refractivity contribution is 7.99. The third-order valence-electron chi connectivity index (χ3n) is 2.58. The first-order valence-corrected chi connectivity index (χ1v) is 6.47. The standard InChI is InChI=1S/C12H15FN4S/c1-8(14)11(9-3-5-10(13)6-4-9)18-12-16-15-7-17(12)2/h3-8,11H,14H2,1-2H3.